The molecule has 5 N–H and O–H groups in total. The van der Waals surface area contributed by atoms with E-state index in [1.807, 2.05) is 84.8 Å². The lowest BCUT2D eigenvalue weighted by molar-refractivity contribution is 0.261. The van der Waals surface area contributed by atoms with Gasteiger partial charge in [-0.25, -0.2) is 29.5 Å². The van der Waals surface area contributed by atoms with Crippen LogP contribution >= 0.6 is 0 Å². The molecule has 16 heteroatoms. The lowest BCUT2D eigenvalue weighted by atomic mass is 9.93. The van der Waals surface area contributed by atoms with Crippen molar-refractivity contribution < 1.29 is 18.6 Å². The van der Waals surface area contributed by atoms with Crippen LogP contribution in [0.15, 0.2) is 94.5 Å². The fourth-order valence-corrected chi connectivity index (χ4v) is 4.71. The highest BCUT2D eigenvalue weighted by Crippen LogP contribution is 2.25. The van der Waals surface area contributed by atoms with Crippen molar-refractivity contribution >= 4 is 47.0 Å². The van der Waals surface area contributed by atoms with Crippen LogP contribution in [-0.2, 0) is 10.8 Å². The molecule has 0 bridgehead atoms. The molecule has 4 amide bonds. The van der Waals surface area contributed by atoms with E-state index in [2.05, 4.69) is 80.5 Å². The Bertz CT molecular complexity index is 2490. The van der Waals surface area contributed by atoms with Gasteiger partial charge in [-0.15, -0.1) is 0 Å². The number of amides is 4. The van der Waals surface area contributed by atoms with E-state index in [1.54, 1.807) is 68.2 Å². The zero-order valence-corrected chi connectivity index (χ0v) is 34.3. The third kappa shape index (κ3) is 13.2. The minimum Gasteiger partial charge on any atom is -0.359 e. The summed E-state index contributed by atoms with van der Waals surface area (Å²) in [6.07, 6.45) is 6.64. The van der Waals surface area contributed by atoms with E-state index in [0.29, 0.717) is 57.6 Å². The van der Waals surface area contributed by atoms with E-state index in [9.17, 15) is 9.59 Å². The molecule has 6 aromatic rings. The Balaban J connectivity index is 0.000000224. The quantitative estimate of drug-likeness (QED) is 0.103. The maximum atomic E-state index is 12.3. The van der Waals surface area contributed by atoms with Crippen molar-refractivity contribution in [3.8, 4) is 23.7 Å². The predicted molar refractivity (Wildman–Crippen MR) is 228 cm³/mol. The molecule has 0 aliphatic carbocycles. The summed E-state index contributed by atoms with van der Waals surface area (Å²) in [4.78, 5) is 43.0. The molecule has 0 aliphatic rings. The molecule has 6 rings (SSSR count). The smallest absolute Gasteiger partial charge is 0.324 e. The zero-order chi connectivity index (χ0) is 42.6. The Kier molecular flexibility index (Phi) is 13.6. The number of anilines is 6. The maximum absolute atomic E-state index is 12.3. The summed E-state index contributed by atoms with van der Waals surface area (Å²) in [6, 6.07) is 17.1. The van der Waals surface area contributed by atoms with Gasteiger partial charge in [0.1, 0.15) is 11.5 Å². The van der Waals surface area contributed by atoms with Crippen LogP contribution in [-0.4, -0.2) is 63.5 Å². The van der Waals surface area contributed by atoms with E-state index in [-0.39, 0.29) is 10.8 Å². The molecule has 0 aliphatic heterocycles. The summed E-state index contributed by atoms with van der Waals surface area (Å²) in [6.45, 7) is 12.0. The SMILES string of the molecule is CN(C)c1ncc(C#Cc2cccc(NC(=O)Nc3cc(C(C)(C)C)on3)c2)cn1.CNc1ncc(C#Cc2cccc(NC(=O)Nc3cc(C(C)(C)C)on3)c2)cn1. The third-order valence-electron chi connectivity index (χ3n) is 7.84. The lowest BCUT2D eigenvalue weighted by Crippen LogP contribution is -2.19. The van der Waals surface area contributed by atoms with Gasteiger partial charge in [0.25, 0.3) is 0 Å². The average Bonchev–Trinajstić information content (AvgIpc) is 3.88. The molecular formula is C43H46N12O4. The number of hydrogen-bond donors (Lipinski definition) is 5. The maximum Gasteiger partial charge on any atom is 0.324 e. The molecule has 302 valence electrons. The van der Waals surface area contributed by atoms with Crippen molar-refractivity contribution in [1.82, 2.24) is 30.2 Å². The normalized spacial score (nSPS) is 10.7. The Morgan fingerprint density at radius 1 is 0.576 bits per heavy atom. The number of carbonyl (C=O) groups excluding carboxylic acids is 2. The van der Waals surface area contributed by atoms with Gasteiger partial charge >= 0.3 is 12.1 Å². The highest BCUT2D eigenvalue weighted by Gasteiger charge is 2.21. The topological polar surface area (TPSA) is 201 Å². The third-order valence-corrected chi connectivity index (χ3v) is 7.84. The molecular weight excluding hydrogens is 749 g/mol. The van der Waals surface area contributed by atoms with Crippen molar-refractivity contribution in [2.45, 2.75) is 52.4 Å². The zero-order valence-electron chi connectivity index (χ0n) is 34.3. The van der Waals surface area contributed by atoms with Crippen molar-refractivity contribution in [1.29, 1.82) is 0 Å². The number of nitrogens with one attached hydrogen (secondary N) is 5. The number of aromatic nitrogens is 6. The van der Waals surface area contributed by atoms with Crippen LogP contribution in [0.4, 0.5) is 44.5 Å². The second-order valence-corrected chi connectivity index (χ2v) is 15.2. The second kappa shape index (κ2) is 18.9. The minimum atomic E-state index is -0.417. The molecule has 0 unspecified atom stereocenters. The average molecular weight is 795 g/mol. The standard InChI is InChI=1S/C22H24N6O2.C21H22N6O2/c1-22(2,3)18-12-19(27-30-18)26-21(29)25-17-8-6-7-15(11-17)9-10-16-13-23-20(24-14-16)28(4)5;1-21(2,3)17-11-18(27-29-17)26-20(28)25-16-7-5-6-14(10-16)8-9-15-12-23-19(22-4)24-13-15/h6-8,11-14H,1-5H3,(H2,25,26,27,29);5-7,10-13H,1-4H3,(H,22,23,24)(H2,25,26,27,28). The molecule has 0 fully saturated rings. The van der Waals surface area contributed by atoms with E-state index >= 15 is 0 Å². The van der Waals surface area contributed by atoms with Crippen LogP contribution in [0.2, 0.25) is 0 Å². The van der Waals surface area contributed by atoms with Crippen LogP contribution in [0.25, 0.3) is 0 Å². The lowest BCUT2D eigenvalue weighted by Gasteiger charge is -2.12. The van der Waals surface area contributed by atoms with Gasteiger partial charge < -0.3 is 29.9 Å². The molecule has 4 aromatic heterocycles. The monoisotopic (exact) mass is 794 g/mol. The number of hydrogen-bond acceptors (Lipinski definition) is 12. The Hall–Kier alpha value is -7.72. The second-order valence-electron chi connectivity index (χ2n) is 15.2. The fraction of sp³-hybridized carbons (Fsp3) is 0.256. The Morgan fingerprint density at radius 2 is 0.983 bits per heavy atom. The molecule has 4 heterocycles. The van der Waals surface area contributed by atoms with Gasteiger partial charge in [0.2, 0.25) is 11.9 Å². The molecule has 0 radical (unpaired) electrons. The van der Waals surface area contributed by atoms with Crippen molar-refractivity contribution in [2.24, 2.45) is 0 Å². The van der Waals surface area contributed by atoms with Gasteiger partial charge in [0.15, 0.2) is 11.6 Å². The van der Waals surface area contributed by atoms with Gasteiger partial charge in [0.05, 0.1) is 11.1 Å². The van der Waals surface area contributed by atoms with Gasteiger partial charge in [-0.2, -0.15) is 0 Å². The highest BCUT2D eigenvalue weighted by molar-refractivity contribution is 5.99. The highest BCUT2D eigenvalue weighted by atomic mass is 16.5. The van der Waals surface area contributed by atoms with Gasteiger partial charge in [-0.3, -0.25) is 10.6 Å². The summed E-state index contributed by atoms with van der Waals surface area (Å²) in [5.41, 5.74) is 3.74. The summed E-state index contributed by atoms with van der Waals surface area (Å²) >= 11 is 0. The first kappa shape index (κ1) is 42.4. The van der Waals surface area contributed by atoms with E-state index in [4.69, 9.17) is 9.05 Å². The Labute approximate surface area is 343 Å². The molecule has 16 nitrogen and oxygen atoms in total. The summed E-state index contributed by atoms with van der Waals surface area (Å²) in [7, 11) is 5.50. The first-order valence-electron chi connectivity index (χ1n) is 18.4. The van der Waals surface area contributed by atoms with Crippen LogP contribution in [0.3, 0.4) is 0 Å². The van der Waals surface area contributed by atoms with E-state index < -0.39 is 12.1 Å². The minimum absolute atomic E-state index is 0.186. The number of carbonyl (C=O) groups is 2. The van der Waals surface area contributed by atoms with Crippen molar-refractivity contribution in [3.05, 3.63) is 119 Å². The Morgan fingerprint density at radius 3 is 1.36 bits per heavy atom. The van der Waals surface area contributed by atoms with Crippen molar-refractivity contribution in [3.63, 3.8) is 0 Å². The van der Waals surface area contributed by atoms with Crippen molar-refractivity contribution in [2.75, 3.05) is 52.6 Å². The molecule has 59 heavy (non-hydrogen) atoms. The van der Waals surface area contributed by atoms with E-state index in [1.165, 1.54) is 0 Å². The molecule has 2 aromatic carbocycles. The molecule has 0 spiro atoms. The van der Waals surface area contributed by atoms with Gasteiger partial charge in [0, 0.05) is 91.4 Å². The van der Waals surface area contributed by atoms with Crippen LogP contribution < -0.4 is 31.5 Å². The number of rotatable bonds is 6. The van der Waals surface area contributed by atoms with Crippen LogP contribution in [0.5, 0.6) is 0 Å². The fourth-order valence-electron chi connectivity index (χ4n) is 4.71. The largest absolute Gasteiger partial charge is 0.359 e. The molecule has 0 saturated heterocycles. The number of benzene rings is 2. The number of nitrogens with zero attached hydrogens (tertiary/aromatic N) is 7. The summed E-state index contributed by atoms with van der Waals surface area (Å²) in [5.74, 6) is 15.4. The van der Waals surface area contributed by atoms with Crippen LogP contribution in [0.1, 0.15) is 75.3 Å². The first-order valence-corrected chi connectivity index (χ1v) is 18.4. The van der Waals surface area contributed by atoms with Crippen LogP contribution in [0, 0.1) is 23.7 Å². The predicted octanol–water partition coefficient (Wildman–Crippen LogP) is 7.72. The van der Waals surface area contributed by atoms with Gasteiger partial charge in [-0.05, 0) is 36.4 Å². The molecule has 0 saturated carbocycles. The number of urea groups is 2. The van der Waals surface area contributed by atoms with Gasteiger partial charge in [-0.1, -0.05) is 87.7 Å². The molecule has 0 atom stereocenters. The summed E-state index contributed by atoms with van der Waals surface area (Å²) < 4.78 is 10.5. The summed E-state index contributed by atoms with van der Waals surface area (Å²) in [5, 5.41) is 21.4. The van der Waals surface area contributed by atoms with E-state index in [0.717, 1.165) is 11.1 Å². The first-order chi connectivity index (χ1) is 28.0.